The Morgan fingerprint density at radius 2 is 2.29 bits per heavy atom. The predicted octanol–water partition coefficient (Wildman–Crippen LogP) is 1.36. The lowest BCUT2D eigenvalue weighted by molar-refractivity contribution is -0.144. The molecule has 0 aliphatic rings. The predicted molar refractivity (Wildman–Crippen MR) is 61.3 cm³/mol. The number of ether oxygens (including phenoxy) is 1. The van der Waals surface area contributed by atoms with Crippen LogP contribution in [0.15, 0.2) is 24.3 Å². The lowest BCUT2D eigenvalue weighted by Gasteiger charge is -2.26. The van der Waals surface area contributed by atoms with Crippen LogP contribution in [0.3, 0.4) is 0 Å². The highest BCUT2D eigenvalue weighted by molar-refractivity contribution is 5.80. The summed E-state index contributed by atoms with van der Waals surface area (Å²) in [6.45, 7) is 2.26. The maximum absolute atomic E-state index is 13.1. The number of carboxylic acids is 1. The number of benzene rings is 1. The van der Waals surface area contributed by atoms with Crippen molar-refractivity contribution >= 4 is 5.97 Å². The molecule has 4 nitrogen and oxygen atoms in total. The molecule has 0 spiro atoms. The Hall–Kier alpha value is -1.46. The molecule has 0 aliphatic carbocycles. The number of carboxylic acid groups (broad SMARTS) is 1. The summed E-state index contributed by atoms with van der Waals surface area (Å²) in [5.41, 5.74) is -0.943. The second-order valence-electron chi connectivity index (χ2n) is 3.86. The number of halogens is 1. The van der Waals surface area contributed by atoms with Gasteiger partial charge in [-0.25, -0.2) is 9.18 Å². The van der Waals surface area contributed by atoms with Crippen molar-refractivity contribution in [1.29, 1.82) is 0 Å². The lowest BCUT2D eigenvalue weighted by atomic mass is 9.92. The van der Waals surface area contributed by atoms with Crippen LogP contribution in [0.2, 0.25) is 0 Å². The molecule has 0 amide bonds. The SMILES string of the molecule is COCCNC(C)(C(=O)O)c1cccc(F)c1. The van der Waals surface area contributed by atoms with Gasteiger partial charge in [-0.1, -0.05) is 12.1 Å². The van der Waals surface area contributed by atoms with Gasteiger partial charge >= 0.3 is 5.97 Å². The summed E-state index contributed by atoms with van der Waals surface area (Å²) in [5, 5.41) is 12.1. The molecule has 0 radical (unpaired) electrons. The third-order valence-corrected chi connectivity index (χ3v) is 2.61. The van der Waals surface area contributed by atoms with Crippen LogP contribution in [0.4, 0.5) is 4.39 Å². The van der Waals surface area contributed by atoms with E-state index in [0.717, 1.165) is 0 Å². The molecule has 1 atom stereocenters. The smallest absolute Gasteiger partial charge is 0.328 e. The van der Waals surface area contributed by atoms with Crippen molar-refractivity contribution in [3.8, 4) is 0 Å². The topological polar surface area (TPSA) is 58.6 Å². The summed E-state index contributed by atoms with van der Waals surface area (Å²) >= 11 is 0. The van der Waals surface area contributed by atoms with E-state index in [9.17, 15) is 14.3 Å². The van der Waals surface area contributed by atoms with Crippen molar-refractivity contribution in [2.24, 2.45) is 0 Å². The van der Waals surface area contributed by atoms with Crippen molar-refractivity contribution in [2.75, 3.05) is 20.3 Å². The molecule has 1 aromatic rings. The molecular weight excluding hydrogens is 225 g/mol. The van der Waals surface area contributed by atoms with E-state index in [0.29, 0.717) is 18.7 Å². The van der Waals surface area contributed by atoms with Crippen molar-refractivity contribution in [3.63, 3.8) is 0 Å². The van der Waals surface area contributed by atoms with Gasteiger partial charge in [0.05, 0.1) is 6.61 Å². The summed E-state index contributed by atoms with van der Waals surface area (Å²) in [7, 11) is 1.53. The first kappa shape index (κ1) is 13.6. The summed E-state index contributed by atoms with van der Waals surface area (Å²) < 4.78 is 18.0. The number of aliphatic carboxylic acids is 1. The highest BCUT2D eigenvalue weighted by Gasteiger charge is 2.34. The number of hydrogen-bond donors (Lipinski definition) is 2. The fourth-order valence-electron chi connectivity index (χ4n) is 1.50. The van der Waals surface area contributed by atoms with Crippen LogP contribution in [-0.4, -0.2) is 31.3 Å². The molecule has 94 valence electrons. The van der Waals surface area contributed by atoms with Crippen LogP contribution in [0, 0.1) is 5.82 Å². The first-order chi connectivity index (χ1) is 8.00. The number of nitrogens with one attached hydrogen (secondary N) is 1. The van der Waals surface area contributed by atoms with Crippen molar-refractivity contribution in [1.82, 2.24) is 5.32 Å². The van der Waals surface area contributed by atoms with Gasteiger partial charge in [0, 0.05) is 13.7 Å². The summed E-state index contributed by atoms with van der Waals surface area (Å²) in [5.74, 6) is -1.51. The molecular formula is C12H16FNO3. The van der Waals surface area contributed by atoms with Crippen LogP contribution < -0.4 is 5.32 Å². The van der Waals surface area contributed by atoms with Crippen LogP contribution in [-0.2, 0) is 15.1 Å². The highest BCUT2D eigenvalue weighted by Crippen LogP contribution is 2.21. The molecule has 2 N–H and O–H groups in total. The Labute approximate surface area is 99.4 Å². The molecule has 0 fully saturated rings. The monoisotopic (exact) mass is 241 g/mol. The molecule has 1 unspecified atom stereocenters. The van der Waals surface area contributed by atoms with E-state index < -0.39 is 17.3 Å². The molecule has 0 aromatic heterocycles. The van der Waals surface area contributed by atoms with E-state index in [2.05, 4.69) is 5.32 Å². The Bertz CT molecular complexity index is 397. The van der Waals surface area contributed by atoms with E-state index in [1.165, 1.54) is 32.2 Å². The number of carbonyl (C=O) groups is 1. The zero-order valence-electron chi connectivity index (χ0n) is 9.87. The zero-order chi connectivity index (χ0) is 12.9. The molecule has 0 saturated carbocycles. The van der Waals surface area contributed by atoms with Gasteiger partial charge in [-0.05, 0) is 24.6 Å². The second kappa shape index (κ2) is 5.75. The molecule has 5 heteroatoms. The van der Waals surface area contributed by atoms with E-state index >= 15 is 0 Å². The summed E-state index contributed by atoms with van der Waals surface area (Å²) in [6, 6.07) is 5.57. The summed E-state index contributed by atoms with van der Waals surface area (Å²) in [4.78, 5) is 11.3. The van der Waals surface area contributed by atoms with Gasteiger partial charge in [-0.3, -0.25) is 5.32 Å². The Morgan fingerprint density at radius 3 is 2.82 bits per heavy atom. The lowest BCUT2D eigenvalue weighted by Crippen LogP contribution is -2.47. The van der Waals surface area contributed by atoms with Crippen LogP contribution in [0.5, 0.6) is 0 Å². The Balaban J connectivity index is 2.95. The molecule has 0 heterocycles. The fraction of sp³-hybridized carbons (Fsp3) is 0.417. The van der Waals surface area contributed by atoms with Crippen LogP contribution in [0.1, 0.15) is 12.5 Å². The van der Waals surface area contributed by atoms with Crippen LogP contribution in [0.25, 0.3) is 0 Å². The van der Waals surface area contributed by atoms with Crippen molar-refractivity contribution < 1.29 is 19.0 Å². The summed E-state index contributed by atoms with van der Waals surface area (Å²) in [6.07, 6.45) is 0. The molecule has 17 heavy (non-hydrogen) atoms. The molecule has 1 rings (SSSR count). The average molecular weight is 241 g/mol. The van der Waals surface area contributed by atoms with E-state index in [1.807, 2.05) is 0 Å². The third-order valence-electron chi connectivity index (χ3n) is 2.61. The normalized spacial score (nSPS) is 14.3. The van der Waals surface area contributed by atoms with Gasteiger partial charge in [0.2, 0.25) is 0 Å². The van der Waals surface area contributed by atoms with Gasteiger partial charge in [-0.2, -0.15) is 0 Å². The maximum Gasteiger partial charge on any atom is 0.328 e. The Morgan fingerprint density at radius 1 is 1.59 bits per heavy atom. The van der Waals surface area contributed by atoms with Crippen LogP contribution >= 0.6 is 0 Å². The molecule has 0 saturated heterocycles. The third kappa shape index (κ3) is 3.25. The first-order valence-electron chi connectivity index (χ1n) is 5.24. The van der Waals surface area contributed by atoms with Gasteiger partial charge in [-0.15, -0.1) is 0 Å². The van der Waals surface area contributed by atoms with E-state index in [1.54, 1.807) is 6.07 Å². The first-order valence-corrected chi connectivity index (χ1v) is 5.24. The van der Waals surface area contributed by atoms with Gasteiger partial charge in [0.1, 0.15) is 11.4 Å². The second-order valence-corrected chi connectivity index (χ2v) is 3.86. The number of rotatable bonds is 6. The quantitative estimate of drug-likeness (QED) is 0.738. The number of methoxy groups -OCH3 is 1. The minimum Gasteiger partial charge on any atom is -0.480 e. The van der Waals surface area contributed by atoms with E-state index in [4.69, 9.17) is 4.74 Å². The van der Waals surface area contributed by atoms with Gasteiger partial charge < -0.3 is 9.84 Å². The van der Waals surface area contributed by atoms with E-state index in [-0.39, 0.29) is 0 Å². The minimum absolute atomic E-state index is 0.371. The maximum atomic E-state index is 13.1. The molecule has 1 aromatic carbocycles. The molecule has 0 bridgehead atoms. The highest BCUT2D eigenvalue weighted by atomic mass is 19.1. The molecule has 0 aliphatic heterocycles. The standard InChI is InChI=1S/C12H16FNO3/c1-12(11(15)16,14-6-7-17-2)9-4-3-5-10(13)8-9/h3-5,8,14H,6-7H2,1-2H3,(H,15,16). The largest absolute Gasteiger partial charge is 0.480 e. The fourth-order valence-corrected chi connectivity index (χ4v) is 1.50. The average Bonchev–Trinajstić information content (AvgIpc) is 2.29. The van der Waals surface area contributed by atoms with Crippen molar-refractivity contribution in [2.45, 2.75) is 12.5 Å². The van der Waals surface area contributed by atoms with Gasteiger partial charge in [0.25, 0.3) is 0 Å². The number of hydrogen-bond acceptors (Lipinski definition) is 3. The van der Waals surface area contributed by atoms with Gasteiger partial charge in [0.15, 0.2) is 0 Å². The van der Waals surface area contributed by atoms with Crippen molar-refractivity contribution in [3.05, 3.63) is 35.6 Å². The zero-order valence-corrected chi connectivity index (χ0v) is 9.87. The minimum atomic E-state index is -1.32. The Kier molecular flexibility index (Phi) is 4.60.